The third-order valence-electron chi connectivity index (χ3n) is 4.42. The van der Waals surface area contributed by atoms with Crippen molar-refractivity contribution in [1.29, 1.82) is 0 Å². The second-order valence-corrected chi connectivity index (χ2v) is 5.93. The van der Waals surface area contributed by atoms with Crippen LogP contribution in [0.25, 0.3) is 11.0 Å². The van der Waals surface area contributed by atoms with Crippen molar-refractivity contribution in [3.63, 3.8) is 0 Å². The van der Waals surface area contributed by atoms with E-state index in [-0.39, 0.29) is 18.2 Å². The Hall–Kier alpha value is -3.22. The van der Waals surface area contributed by atoms with E-state index in [0.29, 0.717) is 17.6 Å². The second-order valence-electron chi connectivity index (χ2n) is 5.93. The zero-order valence-electron chi connectivity index (χ0n) is 13.6. The Morgan fingerprint density at radius 2 is 1.92 bits per heavy atom. The van der Waals surface area contributed by atoms with Crippen molar-refractivity contribution in [2.75, 3.05) is 18.6 Å². The Labute approximate surface area is 143 Å². The summed E-state index contributed by atoms with van der Waals surface area (Å²) in [6.45, 7) is 0.332. The number of hydrogen-bond acceptors (Lipinski definition) is 5. The number of carbonyl (C=O) groups excluding carboxylic acids is 2. The van der Waals surface area contributed by atoms with Crippen LogP contribution in [0.1, 0.15) is 11.2 Å². The minimum Gasteiger partial charge on any atom is -0.497 e. The summed E-state index contributed by atoms with van der Waals surface area (Å²) in [6.07, 6.45) is 0.166. The highest BCUT2D eigenvalue weighted by molar-refractivity contribution is 6.02. The zero-order chi connectivity index (χ0) is 17.4. The molecule has 2 heterocycles. The quantitative estimate of drug-likeness (QED) is 0.732. The number of para-hydroxylation sites is 1. The molecule has 1 saturated heterocycles. The topological polar surface area (TPSA) is 77.3 Å². The SMILES string of the molecule is COc1ccc(N2C[C@@H](C(=O)n3nnc4ccccc43)CC2=O)cc1. The minimum absolute atomic E-state index is 0.0760. The standard InChI is InChI=1S/C18H16N4O3/c1-25-14-8-6-13(7-9-14)21-11-12(10-17(21)23)18(24)22-16-5-3-2-4-15(16)19-20-22/h2-9,12H,10-11H2,1H3/t12-/m0/s1. The first kappa shape index (κ1) is 15.3. The van der Waals surface area contributed by atoms with Crippen molar-refractivity contribution in [2.24, 2.45) is 5.92 Å². The maximum absolute atomic E-state index is 12.8. The Morgan fingerprint density at radius 3 is 2.68 bits per heavy atom. The van der Waals surface area contributed by atoms with Crippen molar-refractivity contribution >= 4 is 28.5 Å². The predicted octanol–water partition coefficient (Wildman–Crippen LogP) is 2.13. The molecule has 7 heteroatoms. The number of rotatable bonds is 3. The average Bonchev–Trinajstić information content (AvgIpc) is 3.25. The molecule has 2 aromatic carbocycles. The molecule has 1 aromatic heterocycles. The monoisotopic (exact) mass is 336 g/mol. The molecular weight excluding hydrogens is 320 g/mol. The molecule has 0 spiro atoms. The molecule has 126 valence electrons. The van der Waals surface area contributed by atoms with Crippen molar-refractivity contribution in [3.05, 3.63) is 48.5 Å². The molecule has 3 aromatic rings. The van der Waals surface area contributed by atoms with E-state index in [1.165, 1.54) is 4.68 Å². The van der Waals surface area contributed by atoms with Crippen LogP contribution in [0.15, 0.2) is 48.5 Å². The molecular formula is C18H16N4O3. The number of amides is 1. The van der Waals surface area contributed by atoms with Crippen LogP contribution in [0.4, 0.5) is 5.69 Å². The Balaban J connectivity index is 1.58. The van der Waals surface area contributed by atoms with Crippen LogP contribution in [0, 0.1) is 5.92 Å². The molecule has 1 fully saturated rings. The van der Waals surface area contributed by atoms with E-state index in [0.717, 1.165) is 11.4 Å². The first-order chi connectivity index (χ1) is 12.2. The highest BCUT2D eigenvalue weighted by Crippen LogP contribution is 2.28. The molecule has 0 radical (unpaired) electrons. The molecule has 0 N–H and O–H groups in total. The molecule has 0 saturated carbocycles. The van der Waals surface area contributed by atoms with Gasteiger partial charge in [0.25, 0.3) is 5.91 Å². The van der Waals surface area contributed by atoms with E-state index in [2.05, 4.69) is 10.3 Å². The van der Waals surface area contributed by atoms with Crippen molar-refractivity contribution < 1.29 is 14.3 Å². The number of methoxy groups -OCH3 is 1. The van der Waals surface area contributed by atoms with Gasteiger partial charge in [0.05, 0.1) is 18.5 Å². The number of fused-ring (bicyclic) bond motifs is 1. The zero-order valence-corrected chi connectivity index (χ0v) is 13.6. The van der Waals surface area contributed by atoms with Crippen LogP contribution in [0.5, 0.6) is 5.75 Å². The summed E-state index contributed by atoms with van der Waals surface area (Å²) in [5.74, 6) is -0.0113. The summed E-state index contributed by atoms with van der Waals surface area (Å²) < 4.78 is 6.43. The molecule has 0 unspecified atom stereocenters. The van der Waals surface area contributed by atoms with Gasteiger partial charge in [0.1, 0.15) is 11.3 Å². The minimum atomic E-state index is -0.445. The fourth-order valence-electron chi connectivity index (χ4n) is 3.09. The fourth-order valence-corrected chi connectivity index (χ4v) is 3.09. The largest absolute Gasteiger partial charge is 0.497 e. The van der Waals surface area contributed by atoms with Crippen LogP contribution < -0.4 is 9.64 Å². The van der Waals surface area contributed by atoms with E-state index in [9.17, 15) is 9.59 Å². The van der Waals surface area contributed by atoms with Crippen molar-refractivity contribution in [2.45, 2.75) is 6.42 Å². The van der Waals surface area contributed by atoms with Crippen LogP contribution in [-0.4, -0.2) is 40.5 Å². The molecule has 25 heavy (non-hydrogen) atoms. The first-order valence-electron chi connectivity index (χ1n) is 7.96. The number of nitrogens with zero attached hydrogens (tertiary/aromatic N) is 4. The van der Waals surface area contributed by atoms with Gasteiger partial charge in [0, 0.05) is 18.7 Å². The van der Waals surface area contributed by atoms with E-state index >= 15 is 0 Å². The predicted molar refractivity (Wildman–Crippen MR) is 91.6 cm³/mol. The van der Waals surface area contributed by atoms with Gasteiger partial charge in [-0.05, 0) is 36.4 Å². The maximum Gasteiger partial charge on any atom is 0.254 e. The van der Waals surface area contributed by atoms with Crippen molar-refractivity contribution in [3.8, 4) is 5.75 Å². The van der Waals surface area contributed by atoms with E-state index in [1.807, 2.05) is 24.3 Å². The van der Waals surface area contributed by atoms with Crippen LogP contribution >= 0.6 is 0 Å². The van der Waals surface area contributed by atoms with Gasteiger partial charge in [-0.3, -0.25) is 9.59 Å². The molecule has 7 nitrogen and oxygen atoms in total. The molecule has 1 atom stereocenters. The van der Waals surface area contributed by atoms with Gasteiger partial charge >= 0.3 is 0 Å². The number of carbonyl (C=O) groups is 2. The lowest BCUT2D eigenvalue weighted by Gasteiger charge is -2.16. The Kier molecular flexibility index (Phi) is 3.68. The normalized spacial score (nSPS) is 17.2. The van der Waals surface area contributed by atoms with Gasteiger partial charge in [-0.1, -0.05) is 17.3 Å². The summed E-state index contributed by atoms with van der Waals surface area (Å²) in [6, 6.07) is 14.5. The van der Waals surface area contributed by atoms with E-state index in [1.54, 1.807) is 36.3 Å². The number of aromatic nitrogens is 3. The fraction of sp³-hybridized carbons (Fsp3) is 0.222. The third-order valence-corrected chi connectivity index (χ3v) is 4.42. The van der Waals surface area contributed by atoms with Crippen LogP contribution in [0.2, 0.25) is 0 Å². The molecule has 0 bridgehead atoms. The van der Waals surface area contributed by atoms with Gasteiger partial charge in [0.15, 0.2) is 0 Å². The van der Waals surface area contributed by atoms with Crippen molar-refractivity contribution in [1.82, 2.24) is 15.0 Å². The average molecular weight is 336 g/mol. The van der Waals surface area contributed by atoms with E-state index < -0.39 is 5.92 Å². The number of hydrogen-bond donors (Lipinski definition) is 0. The number of ether oxygens (including phenoxy) is 1. The third kappa shape index (κ3) is 2.63. The maximum atomic E-state index is 12.8. The first-order valence-corrected chi connectivity index (χ1v) is 7.96. The molecule has 0 aliphatic carbocycles. The molecule has 4 rings (SSSR count). The lowest BCUT2D eigenvalue weighted by molar-refractivity contribution is -0.117. The molecule has 1 aliphatic heterocycles. The van der Waals surface area contributed by atoms with Crippen LogP contribution in [-0.2, 0) is 4.79 Å². The van der Waals surface area contributed by atoms with Gasteiger partial charge < -0.3 is 9.64 Å². The Morgan fingerprint density at radius 1 is 1.16 bits per heavy atom. The van der Waals surface area contributed by atoms with Gasteiger partial charge in [0.2, 0.25) is 5.91 Å². The van der Waals surface area contributed by atoms with Gasteiger partial charge in [-0.2, -0.15) is 4.68 Å². The molecule has 1 amide bonds. The highest BCUT2D eigenvalue weighted by Gasteiger charge is 2.36. The smallest absolute Gasteiger partial charge is 0.254 e. The summed E-state index contributed by atoms with van der Waals surface area (Å²) in [5.41, 5.74) is 2.07. The van der Waals surface area contributed by atoms with Gasteiger partial charge in [-0.15, -0.1) is 5.10 Å². The Bertz CT molecular complexity index is 948. The summed E-state index contributed by atoms with van der Waals surface area (Å²) in [4.78, 5) is 26.8. The van der Waals surface area contributed by atoms with Gasteiger partial charge in [-0.25, -0.2) is 0 Å². The summed E-state index contributed by atoms with van der Waals surface area (Å²) in [7, 11) is 1.59. The lowest BCUT2D eigenvalue weighted by Crippen LogP contribution is -2.28. The van der Waals surface area contributed by atoms with Crippen LogP contribution in [0.3, 0.4) is 0 Å². The summed E-state index contributed by atoms with van der Waals surface area (Å²) >= 11 is 0. The van der Waals surface area contributed by atoms with E-state index in [4.69, 9.17) is 4.74 Å². The highest BCUT2D eigenvalue weighted by atomic mass is 16.5. The second kappa shape index (κ2) is 6.01. The number of anilines is 1. The summed E-state index contributed by atoms with van der Waals surface area (Å²) in [5, 5.41) is 7.96. The number of benzene rings is 2. The lowest BCUT2D eigenvalue weighted by atomic mass is 10.1. The molecule has 1 aliphatic rings.